The van der Waals surface area contributed by atoms with E-state index in [1.165, 1.54) is 32.6 Å². The fourth-order valence-electron chi connectivity index (χ4n) is 4.76. The van der Waals surface area contributed by atoms with Gasteiger partial charge in [0.1, 0.15) is 5.54 Å². The van der Waals surface area contributed by atoms with E-state index in [4.69, 9.17) is 0 Å². The first-order valence-corrected chi connectivity index (χ1v) is 6.36. The molecule has 3 aliphatic rings. The second kappa shape index (κ2) is 3.23. The lowest BCUT2D eigenvalue weighted by atomic mass is 9.71. The van der Waals surface area contributed by atoms with Crippen molar-refractivity contribution in [1.82, 2.24) is 5.32 Å². The van der Waals surface area contributed by atoms with Crippen LogP contribution in [0.1, 0.15) is 39.0 Å². The van der Waals surface area contributed by atoms with Crippen molar-refractivity contribution in [2.75, 3.05) is 0 Å². The van der Waals surface area contributed by atoms with Gasteiger partial charge >= 0.3 is 0 Å². The Labute approximate surface area is 96.2 Å². The van der Waals surface area contributed by atoms with E-state index in [0.717, 1.165) is 12.3 Å². The van der Waals surface area contributed by atoms with Gasteiger partial charge in [-0.2, -0.15) is 5.26 Å². The van der Waals surface area contributed by atoms with Crippen molar-refractivity contribution in [1.29, 1.82) is 5.26 Å². The Morgan fingerprint density at radius 2 is 2.19 bits per heavy atom. The topological polar surface area (TPSA) is 52.9 Å². The molecule has 0 heterocycles. The van der Waals surface area contributed by atoms with Gasteiger partial charge in [0.25, 0.3) is 0 Å². The van der Waals surface area contributed by atoms with Crippen molar-refractivity contribution >= 4 is 5.91 Å². The van der Waals surface area contributed by atoms with E-state index in [1.54, 1.807) is 0 Å². The van der Waals surface area contributed by atoms with E-state index in [1.807, 2.05) is 0 Å². The molecule has 0 aromatic rings. The van der Waals surface area contributed by atoms with Crippen LogP contribution in [0.3, 0.4) is 0 Å². The fourth-order valence-corrected chi connectivity index (χ4v) is 4.76. The third-order valence-electron chi connectivity index (χ3n) is 5.12. The number of nitriles is 1. The molecular weight excluding hydrogens is 200 g/mol. The summed E-state index contributed by atoms with van der Waals surface area (Å²) in [6.07, 6.45) is 6.02. The summed E-state index contributed by atoms with van der Waals surface area (Å²) < 4.78 is 0. The number of carbonyl (C=O) groups is 1. The van der Waals surface area contributed by atoms with Gasteiger partial charge in [-0.15, -0.1) is 0 Å². The third kappa shape index (κ3) is 1.16. The predicted molar refractivity (Wildman–Crippen MR) is 59.2 cm³/mol. The van der Waals surface area contributed by atoms with Crippen molar-refractivity contribution in [2.45, 2.75) is 44.6 Å². The van der Waals surface area contributed by atoms with Gasteiger partial charge < -0.3 is 5.32 Å². The van der Waals surface area contributed by atoms with Crippen LogP contribution in [0, 0.1) is 35.0 Å². The van der Waals surface area contributed by atoms with Crippen LogP contribution in [0.25, 0.3) is 0 Å². The van der Waals surface area contributed by atoms with Crippen LogP contribution < -0.4 is 5.32 Å². The SMILES string of the molecule is CC(=O)NC1(C#N)CC2CC1C1CCCC21. The fraction of sp³-hybridized carbons (Fsp3) is 0.846. The minimum absolute atomic E-state index is 0.0522. The molecule has 1 N–H and O–H groups in total. The Morgan fingerprint density at radius 3 is 2.88 bits per heavy atom. The Kier molecular flexibility index (Phi) is 2.04. The third-order valence-corrected chi connectivity index (χ3v) is 5.12. The number of amides is 1. The molecular formula is C13H18N2O. The summed E-state index contributed by atoms with van der Waals surface area (Å²) in [5, 5.41) is 12.4. The van der Waals surface area contributed by atoms with E-state index >= 15 is 0 Å². The van der Waals surface area contributed by atoms with Gasteiger partial charge in [0, 0.05) is 6.92 Å². The van der Waals surface area contributed by atoms with Gasteiger partial charge in [-0.25, -0.2) is 0 Å². The number of fused-ring (bicyclic) bond motifs is 5. The van der Waals surface area contributed by atoms with E-state index < -0.39 is 5.54 Å². The molecule has 0 saturated heterocycles. The van der Waals surface area contributed by atoms with Crippen molar-refractivity contribution < 1.29 is 4.79 Å². The molecule has 3 aliphatic carbocycles. The first kappa shape index (κ1) is 10.1. The molecule has 0 aliphatic heterocycles. The molecule has 3 nitrogen and oxygen atoms in total. The van der Waals surface area contributed by atoms with Crippen LogP contribution in [0.4, 0.5) is 0 Å². The lowest BCUT2D eigenvalue weighted by Crippen LogP contribution is -2.53. The van der Waals surface area contributed by atoms with Crippen LogP contribution in [-0.2, 0) is 4.79 Å². The number of rotatable bonds is 1. The van der Waals surface area contributed by atoms with Crippen molar-refractivity contribution in [3.8, 4) is 6.07 Å². The molecule has 0 aromatic carbocycles. The summed E-state index contributed by atoms with van der Waals surface area (Å²) >= 11 is 0. The molecule has 1 amide bonds. The summed E-state index contributed by atoms with van der Waals surface area (Å²) in [5.41, 5.74) is -0.526. The molecule has 16 heavy (non-hydrogen) atoms. The van der Waals surface area contributed by atoms with Crippen LogP contribution in [0.15, 0.2) is 0 Å². The number of hydrogen-bond donors (Lipinski definition) is 1. The summed E-state index contributed by atoms with van der Waals surface area (Å²) in [5.74, 6) is 2.65. The van der Waals surface area contributed by atoms with Crippen LogP contribution in [0.2, 0.25) is 0 Å². The number of hydrogen-bond acceptors (Lipinski definition) is 2. The van der Waals surface area contributed by atoms with Gasteiger partial charge in [-0.3, -0.25) is 4.79 Å². The van der Waals surface area contributed by atoms with Crippen molar-refractivity contribution in [2.24, 2.45) is 23.7 Å². The molecule has 3 heteroatoms. The van der Waals surface area contributed by atoms with Crippen LogP contribution in [-0.4, -0.2) is 11.4 Å². The van der Waals surface area contributed by atoms with E-state index in [0.29, 0.717) is 17.8 Å². The highest BCUT2D eigenvalue weighted by Crippen LogP contribution is 2.62. The Hall–Kier alpha value is -1.04. The molecule has 3 rings (SSSR count). The van der Waals surface area contributed by atoms with Gasteiger partial charge in [-0.05, 0) is 49.4 Å². The van der Waals surface area contributed by atoms with E-state index in [-0.39, 0.29) is 5.91 Å². The summed E-state index contributed by atoms with van der Waals surface area (Å²) in [6, 6.07) is 2.42. The highest BCUT2D eigenvalue weighted by molar-refractivity contribution is 5.74. The monoisotopic (exact) mass is 218 g/mol. The average Bonchev–Trinajstić information content (AvgIpc) is 2.84. The summed E-state index contributed by atoms with van der Waals surface area (Å²) in [7, 11) is 0. The highest BCUT2D eigenvalue weighted by Gasteiger charge is 2.61. The predicted octanol–water partition coefficient (Wildman–Crippen LogP) is 1.84. The molecule has 3 saturated carbocycles. The van der Waals surface area contributed by atoms with Crippen LogP contribution >= 0.6 is 0 Å². The molecule has 3 fully saturated rings. The maximum atomic E-state index is 11.3. The van der Waals surface area contributed by atoms with E-state index in [9.17, 15) is 10.1 Å². The minimum atomic E-state index is -0.526. The zero-order chi connectivity index (χ0) is 11.3. The smallest absolute Gasteiger partial charge is 0.218 e. The molecule has 2 bridgehead atoms. The summed E-state index contributed by atoms with van der Waals surface area (Å²) in [4.78, 5) is 11.3. The first-order chi connectivity index (χ1) is 7.66. The van der Waals surface area contributed by atoms with Crippen LogP contribution in [0.5, 0.6) is 0 Å². The van der Waals surface area contributed by atoms with Gasteiger partial charge in [0.2, 0.25) is 5.91 Å². The van der Waals surface area contributed by atoms with Gasteiger partial charge in [-0.1, -0.05) is 6.42 Å². The maximum Gasteiger partial charge on any atom is 0.218 e. The number of nitrogens with one attached hydrogen (secondary N) is 1. The second-order valence-corrected chi connectivity index (χ2v) is 5.83. The normalized spacial score (nSPS) is 48.8. The number of carbonyl (C=O) groups excluding carboxylic acids is 1. The lowest BCUT2D eigenvalue weighted by molar-refractivity contribution is -0.121. The highest BCUT2D eigenvalue weighted by atomic mass is 16.1. The van der Waals surface area contributed by atoms with E-state index in [2.05, 4.69) is 11.4 Å². The molecule has 5 unspecified atom stereocenters. The minimum Gasteiger partial charge on any atom is -0.338 e. The first-order valence-electron chi connectivity index (χ1n) is 6.36. The zero-order valence-corrected chi connectivity index (χ0v) is 9.70. The largest absolute Gasteiger partial charge is 0.338 e. The molecule has 0 spiro atoms. The summed E-state index contributed by atoms with van der Waals surface area (Å²) in [6.45, 7) is 1.53. The van der Waals surface area contributed by atoms with Gasteiger partial charge in [0.05, 0.1) is 6.07 Å². The zero-order valence-electron chi connectivity index (χ0n) is 9.70. The standard InChI is InChI=1S/C13H18N2O/c1-8(16)15-13(7-14)6-9-5-12(13)11-4-2-3-10(9)11/h9-12H,2-6H2,1H3,(H,15,16). The van der Waals surface area contributed by atoms with Crippen molar-refractivity contribution in [3.63, 3.8) is 0 Å². The Morgan fingerprint density at radius 1 is 1.44 bits per heavy atom. The average molecular weight is 218 g/mol. The molecule has 0 aromatic heterocycles. The van der Waals surface area contributed by atoms with Crippen molar-refractivity contribution in [3.05, 3.63) is 0 Å². The maximum absolute atomic E-state index is 11.3. The molecule has 86 valence electrons. The van der Waals surface area contributed by atoms with Gasteiger partial charge in [0.15, 0.2) is 0 Å². The lowest BCUT2D eigenvalue weighted by Gasteiger charge is -2.38. The second-order valence-electron chi connectivity index (χ2n) is 5.83. The molecule has 5 atom stereocenters. The Bertz CT molecular complexity index is 373. The quantitative estimate of drug-likeness (QED) is 0.730. The molecule has 0 radical (unpaired) electrons. The number of nitrogens with zero attached hydrogens (tertiary/aromatic N) is 1. The Balaban J connectivity index is 1.89.